The van der Waals surface area contributed by atoms with E-state index in [9.17, 15) is 14.4 Å². The summed E-state index contributed by atoms with van der Waals surface area (Å²) in [6.07, 6.45) is 0.240. The number of fused-ring (bicyclic) bond motifs is 1. The fourth-order valence-corrected chi connectivity index (χ4v) is 3.60. The first-order chi connectivity index (χ1) is 14.4. The molecule has 0 radical (unpaired) electrons. The van der Waals surface area contributed by atoms with Crippen molar-refractivity contribution in [2.24, 2.45) is 0 Å². The number of carbonyl (C=O) groups excluding carboxylic acids is 3. The van der Waals surface area contributed by atoms with Gasteiger partial charge in [-0.3, -0.25) is 19.3 Å². The number of hydrogen-bond acceptors (Lipinski definition) is 3. The lowest BCUT2D eigenvalue weighted by atomic mass is 10.0. The van der Waals surface area contributed by atoms with Crippen LogP contribution in [-0.4, -0.2) is 28.7 Å². The molecule has 1 aliphatic heterocycles. The molecular weight excluding hydrogens is 376 g/mol. The molecule has 0 saturated heterocycles. The molecule has 1 N–H and O–H groups in total. The summed E-state index contributed by atoms with van der Waals surface area (Å²) in [5.41, 5.74) is 4.33. The Hall–Kier alpha value is -3.73. The maximum absolute atomic E-state index is 13.2. The smallest absolute Gasteiger partial charge is 0.262 e. The number of nitrogens with one attached hydrogen (secondary N) is 1. The summed E-state index contributed by atoms with van der Waals surface area (Å²) in [4.78, 5) is 40.4. The zero-order valence-electron chi connectivity index (χ0n) is 16.9. The molecule has 0 fully saturated rings. The van der Waals surface area contributed by atoms with E-state index in [0.717, 1.165) is 21.6 Å². The monoisotopic (exact) mass is 398 g/mol. The Kier molecular flexibility index (Phi) is 5.19. The Bertz CT molecular complexity index is 1080. The number of carbonyl (C=O) groups is 3. The number of benzene rings is 3. The molecule has 3 aromatic carbocycles. The molecule has 30 heavy (non-hydrogen) atoms. The zero-order chi connectivity index (χ0) is 21.3. The molecule has 0 bridgehead atoms. The second kappa shape index (κ2) is 7.95. The molecule has 1 heterocycles. The van der Waals surface area contributed by atoms with Crippen molar-refractivity contribution in [3.8, 4) is 0 Å². The lowest BCUT2D eigenvalue weighted by molar-refractivity contribution is -0.119. The maximum Gasteiger partial charge on any atom is 0.262 e. The van der Waals surface area contributed by atoms with Crippen molar-refractivity contribution in [2.75, 3.05) is 5.32 Å². The van der Waals surface area contributed by atoms with Crippen molar-refractivity contribution in [3.05, 3.63) is 101 Å². The van der Waals surface area contributed by atoms with Crippen LogP contribution in [0.15, 0.2) is 72.8 Å². The Morgan fingerprint density at radius 2 is 1.30 bits per heavy atom. The minimum absolute atomic E-state index is 0.240. The highest BCUT2D eigenvalue weighted by Crippen LogP contribution is 2.26. The summed E-state index contributed by atoms with van der Waals surface area (Å²) in [5.74, 6) is -1.27. The molecule has 1 unspecified atom stereocenters. The Balaban J connectivity index is 1.67. The van der Waals surface area contributed by atoms with E-state index < -0.39 is 23.8 Å². The van der Waals surface area contributed by atoms with E-state index in [2.05, 4.69) is 5.32 Å². The first kappa shape index (κ1) is 19.6. The summed E-state index contributed by atoms with van der Waals surface area (Å²) in [7, 11) is 0. The van der Waals surface area contributed by atoms with E-state index in [1.165, 1.54) is 0 Å². The Labute approximate surface area is 175 Å². The van der Waals surface area contributed by atoms with E-state index >= 15 is 0 Å². The second-order valence-corrected chi connectivity index (χ2v) is 7.59. The predicted molar refractivity (Wildman–Crippen MR) is 115 cm³/mol. The van der Waals surface area contributed by atoms with Gasteiger partial charge in [-0.1, -0.05) is 59.7 Å². The maximum atomic E-state index is 13.2. The van der Waals surface area contributed by atoms with Gasteiger partial charge < -0.3 is 5.32 Å². The van der Waals surface area contributed by atoms with Crippen molar-refractivity contribution in [1.82, 2.24) is 4.90 Å². The van der Waals surface area contributed by atoms with Crippen molar-refractivity contribution in [2.45, 2.75) is 26.3 Å². The van der Waals surface area contributed by atoms with Gasteiger partial charge in [0, 0.05) is 12.1 Å². The van der Waals surface area contributed by atoms with Gasteiger partial charge in [0.15, 0.2) is 0 Å². The Morgan fingerprint density at radius 1 is 0.800 bits per heavy atom. The van der Waals surface area contributed by atoms with E-state index in [1.807, 2.05) is 50.2 Å². The van der Waals surface area contributed by atoms with Crippen LogP contribution in [0.2, 0.25) is 0 Å². The van der Waals surface area contributed by atoms with Crippen LogP contribution >= 0.6 is 0 Å². The van der Waals surface area contributed by atoms with Gasteiger partial charge in [-0.15, -0.1) is 0 Å². The highest BCUT2D eigenvalue weighted by atomic mass is 16.2. The molecule has 0 saturated carbocycles. The van der Waals surface area contributed by atoms with Gasteiger partial charge in [0.05, 0.1) is 11.1 Å². The van der Waals surface area contributed by atoms with Crippen LogP contribution in [0.5, 0.6) is 0 Å². The second-order valence-electron chi connectivity index (χ2n) is 7.59. The molecule has 4 rings (SSSR count). The lowest BCUT2D eigenvalue weighted by Crippen LogP contribution is -2.48. The fourth-order valence-electron chi connectivity index (χ4n) is 3.60. The third-order valence-corrected chi connectivity index (χ3v) is 5.31. The summed E-state index contributed by atoms with van der Waals surface area (Å²) >= 11 is 0. The van der Waals surface area contributed by atoms with Gasteiger partial charge in [0.2, 0.25) is 5.91 Å². The summed E-state index contributed by atoms with van der Waals surface area (Å²) < 4.78 is 0. The third kappa shape index (κ3) is 3.74. The molecule has 1 atom stereocenters. The van der Waals surface area contributed by atoms with Crippen LogP contribution in [0.25, 0.3) is 0 Å². The molecule has 0 aromatic heterocycles. The predicted octanol–water partition coefficient (Wildman–Crippen LogP) is 4.15. The first-order valence-corrected chi connectivity index (χ1v) is 9.84. The SMILES string of the molecule is Cc1ccc(CC(C(=O)Nc2ccc(C)cc2)N2C(=O)c3ccccc3C2=O)cc1. The largest absolute Gasteiger partial charge is 0.324 e. The van der Waals surface area contributed by atoms with Crippen LogP contribution in [0.3, 0.4) is 0 Å². The van der Waals surface area contributed by atoms with Crippen LogP contribution < -0.4 is 5.32 Å². The highest BCUT2D eigenvalue weighted by molar-refractivity contribution is 6.23. The van der Waals surface area contributed by atoms with E-state index in [-0.39, 0.29) is 6.42 Å². The number of imide groups is 1. The van der Waals surface area contributed by atoms with Gasteiger partial charge >= 0.3 is 0 Å². The highest BCUT2D eigenvalue weighted by Gasteiger charge is 2.42. The summed E-state index contributed by atoms with van der Waals surface area (Å²) in [6, 6.07) is 20.9. The molecule has 5 nitrogen and oxygen atoms in total. The quantitative estimate of drug-likeness (QED) is 0.657. The molecule has 0 spiro atoms. The fraction of sp³-hybridized carbons (Fsp3) is 0.160. The minimum atomic E-state index is -0.957. The van der Waals surface area contributed by atoms with E-state index in [4.69, 9.17) is 0 Å². The van der Waals surface area contributed by atoms with Crippen LogP contribution in [0, 0.1) is 13.8 Å². The molecule has 3 amide bonds. The van der Waals surface area contributed by atoms with Crippen molar-refractivity contribution in [3.63, 3.8) is 0 Å². The molecular formula is C25H22N2O3. The Morgan fingerprint density at radius 3 is 1.83 bits per heavy atom. The number of aryl methyl sites for hydroxylation is 2. The van der Waals surface area contributed by atoms with Crippen LogP contribution in [-0.2, 0) is 11.2 Å². The third-order valence-electron chi connectivity index (χ3n) is 5.31. The average Bonchev–Trinajstić information content (AvgIpc) is 3.00. The molecule has 150 valence electrons. The van der Waals surface area contributed by atoms with Crippen molar-refractivity contribution >= 4 is 23.4 Å². The van der Waals surface area contributed by atoms with E-state index in [0.29, 0.717) is 16.8 Å². The molecule has 1 aliphatic rings. The average molecular weight is 398 g/mol. The summed E-state index contributed by atoms with van der Waals surface area (Å²) in [6.45, 7) is 3.94. The lowest BCUT2D eigenvalue weighted by Gasteiger charge is -2.25. The van der Waals surface area contributed by atoms with Crippen molar-refractivity contribution in [1.29, 1.82) is 0 Å². The van der Waals surface area contributed by atoms with Gasteiger partial charge in [-0.25, -0.2) is 0 Å². The first-order valence-electron chi connectivity index (χ1n) is 9.84. The van der Waals surface area contributed by atoms with Crippen molar-refractivity contribution < 1.29 is 14.4 Å². The standard InChI is InChI=1S/C25H22N2O3/c1-16-7-11-18(12-8-16)15-22(23(28)26-19-13-9-17(2)10-14-19)27-24(29)20-5-3-4-6-21(20)25(27)30/h3-14,22H,15H2,1-2H3,(H,26,28). The van der Waals surface area contributed by atoms with Crippen LogP contribution in [0.1, 0.15) is 37.4 Å². The van der Waals surface area contributed by atoms with Gasteiger partial charge in [-0.2, -0.15) is 0 Å². The number of rotatable bonds is 5. The number of anilines is 1. The molecule has 5 heteroatoms. The molecule has 3 aromatic rings. The van der Waals surface area contributed by atoms with Gasteiger partial charge in [-0.05, 0) is 43.7 Å². The van der Waals surface area contributed by atoms with Gasteiger partial charge in [0.1, 0.15) is 6.04 Å². The number of nitrogens with zero attached hydrogens (tertiary/aromatic N) is 1. The van der Waals surface area contributed by atoms with Gasteiger partial charge in [0.25, 0.3) is 11.8 Å². The van der Waals surface area contributed by atoms with Crippen LogP contribution in [0.4, 0.5) is 5.69 Å². The normalized spacial score (nSPS) is 13.9. The minimum Gasteiger partial charge on any atom is -0.324 e. The number of amides is 3. The zero-order valence-corrected chi connectivity index (χ0v) is 16.9. The number of hydrogen-bond donors (Lipinski definition) is 1. The topological polar surface area (TPSA) is 66.5 Å². The molecule has 0 aliphatic carbocycles. The van der Waals surface area contributed by atoms with E-state index in [1.54, 1.807) is 36.4 Å². The summed E-state index contributed by atoms with van der Waals surface area (Å²) in [5, 5.41) is 2.86.